The largest absolute Gasteiger partial charge is 0.453 e. The Bertz CT molecular complexity index is 2120. The van der Waals surface area contributed by atoms with Crippen LogP contribution in [-0.4, -0.2) is 4.57 Å². The lowest BCUT2D eigenvalue weighted by molar-refractivity contribution is 0.450. The van der Waals surface area contributed by atoms with Gasteiger partial charge in [0.05, 0.1) is 27.8 Å². The summed E-state index contributed by atoms with van der Waals surface area (Å²) in [6.45, 7) is 0. The predicted octanol–water partition coefficient (Wildman–Crippen LogP) is 10.1. The minimum absolute atomic E-state index is 0.777. The van der Waals surface area contributed by atoms with Gasteiger partial charge in [-0.2, -0.15) is 0 Å². The topological polar surface area (TPSA) is 26.6 Å². The second kappa shape index (κ2) is 8.01. The maximum atomic E-state index is 6.77. The summed E-state index contributed by atoms with van der Waals surface area (Å²) < 4.78 is 15.7. The van der Waals surface area contributed by atoms with Crippen molar-refractivity contribution in [2.45, 2.75) is 0 Å². The van der Waals surface area contributed by atoms with E-state index in [-0.39, 0.29) is 0 Å². The van der Waals surface area contributed by atoms with Gasteiger partial charge >= 0.3 is 0 Å². The molecule has 0 unspecified atom stereocenters. The number of hydrogen-bond donors (Lipinski definition) is 0. The van der Waals surface area contributed by atoms with Gasteiger partial charge in [-0.05, 0) is 53.6 Å². The number of aromatic nitrogens is 1. The predicted molar refractivity (Wildman–Crippen MR) is 161 cm³/mol. The zero-order valence-corrected chi connectivity index (χ0v) is 21.4. The number of rotatable bonds is 2. The molecule has 4 nitrogen and oxygen atoms in total. The fourth-order valence-corrected chi connectivity index (χ4v) is 6.24. The van der Waals surface area contributed by atoms with Crippen LogP contribution in [0.15, 0.2) is 133 Å². The minimum atomic E-state index is 0.777. The average molecular weight is 515 g/mol. The Morgan fingerprint density at radius 2 is 1.15 bits per heavy atom. The molecule has 0 spiro atoms. The summed E-state index contributed by atoms with van der Waals surface area (Å²) in [4.78, 5) is 2.28. The molecule has 3 heterocycles. The van der Waals surface area contributed by atoms with E-state index in [0.29, 0.717) is 0 Å². The van der Waals surface area contributed by atoms with Crippen LogP contribution in [0.2, 0.25) is 0 Å². The van der Waals surface area contributed by atoms with E-state index in [1.54, 1.807) is 0 Å². The number of ether oxygens (including phenoxy) is 2. The van der Waals surface area contributed by atoms with E-state index >= 15 is 0 Å². The van der Waals surface area contributed by atoms with Crippen LogP contribution in [0, 0.1) is 0 Å². The Kier molecular flexibility index (Phi) is 4.30. The van der Waals surface area contributed by atoms with Crippen LogP contribution in [0.4, 0.5) is 17.1 Å². The average Bonchev–Trinajstić information content (AvgIpc) is 3.35. The van der Waals surface area contributed by atoms with Gasteiger partial charge in [-0.3, -0.25) is 4.90 Å². The molecule has 0 N–H and O–H groups in total. The molecule has 0 atom stereocenters. The number of anilines is 3. The SMILES string of the molecule is c1ccc(-c2cccc(-n3c4ccccc4c4c5c6c(cc43)Oc3ccccc3N6c3ccccc3O5)c2)cc1. The highest BCUT2D eigenvalue weighted by molar-refractivity contribution is 6.17. The van der Waals surface area contributed by atoms with E-state index in [2.05, 4.69) is 119 Å². The zero-order valence-electron chi connectivity index (χ0n) is 21.4. The maximum Gasteiger partial charge on any atom is 0.165 e. The molecule has 0 radical (unpaired) electrons. The molecule has 0 aliphatic carbocycles. The number of nitrogens with zero attached hydrogens (tertiary/aromatic N) is 2. The molecule has 9 rings (SSSR count). The first-order chi connectivity index (χ1) is 19.8. The van der Waals surface area contributed by atoms with Gasteiger partial charge in [0.25, 0.3) is 0 Å². The van der Waals surface area contributed by atoms with Crippen LogP contribution in [0.5, 0.6) is 23.0 Å². The number of para-hydroxylation sites is 5. The van der Waals surface area contributed by atoms with Crippen LogP contribution in [0.1, 0.15) is 0 Å². The maximum absolute atomic E-state index is 6.77. The number of fused-ring (bicyclic) bond motifs is 8. The molecule has 2 aliphatic heterocycles. The van der Waals surface area contributed by atoms with Gasteiger partial charge in [0, 0.05) is 17.1 Å². The van der Waals surface area contributed by atoms with Crippen molar-refractivity contribution in [2.75, 3.05) is 4.90 Å². The lowest BCUT2D eigenvalue weighted by Crippen LogP contribution is -2.20. The molecule has 0 amide bonds. The van der Waals surface area contributed by atoms with Gasteiger partial charge in [0.2, 0.25) is 0 Å². The Balaban J connectivity index is 1.38. The smallest absolute Gasteiger partial charge is 0.165 e. The first kappa shape index (κ1) is 21.5. The molecular formula is C36H22N2O2. The van der Waals surface area contributed by atoms with E-state index in [4.69, 9.17) is 9.47 Å². The molecule has 1 aromatic heterocycles. The van der Waals surface area contributed by atoms with Gasteiger partial charge in [-0.15, -0.1) is 0 Å². The molecule has 0 saturated heterocycles. The van der Waals surface area contributed by atoms with Gasteiger partial charge in [0.1, 0.15) is 5.69 Å². The first-order valence-electron chi connectivity index (χ1n) is 13.4. The fraction of sp³-hybridized carbons (Fsp3) is 0. The fourth-order valence-electron chi connectivity index (χ4n) is 6.24. The third kappa shape index (κ3) is 2.90. The highest BCUT2D eigenvalue weighted by Crippen LogP contribution is 2.62. The van der Waals surface area contributed by atoms with Crippen molar-refractivity contribution in [3.63, 3.8) is 0 Å². The molecule has 6 aromatic carbocycles. The van der Waals surface area contributed by atoms with E-state index in [9.17, 15) is 0 Å². The molecule has 0 fully saturated rings. The number of benzene rings is 6. The molecule has 40 heavy (non-hydrogen) atoms. The van der Waals surface area contributed by atoms with Crippen LogP contribution < -0.4 is 14.4 Å². The van der Waals surface area contributed by atoms with Gasteiger partial charge < -0.3 is 14.0 Å². The van der Waals surface area contributed by atoms with Gasteiger partial charge in [-0.25, -0.2) is 0 Å². The van der Waals surface area contributed by atoms with Crippen LogP contribution >= 0.6 is 0 Å². The Morgan fingerprint density at radius 3 is 1.98 bits per heavy atom. The normalized spacial score (nSPS) is 12.8. The highest BCUT2D eigenvalue weighted by Gasteiger charge is 2.37. The standard InChI is InChI=1S/C36H22N2O2/c1-2-11-23(12-3-1)24-13-10-14-25(21-24)37-27-16-5-4-15-26(27)34-30(37)22-33-35-36(34)40-32-20-9-7-18-29(32)38(35)28-17-6-8-19-31(28)39-33/h1-22H. The first-order valence-corrected chi connectivity index (χ1v) is 13.4. The summed E-state index contributed by atoms with van der Waals surface area (Å²) in [7, 11) is 0. The van der Waals surface area contributed by atoms with Crippen molar-refractivity contribution in [3.8, 4) is 39.8 Å². The van der Waals surface area contributed by atoms with E-state index in [1.165, 1.54) is 11.1 Å². The van der Waals surface area contributed by atoms with Gasteiger partial charge in [-0.1, -0.05) is 84.9 Å². The molecule has 188 valence electrons. The van der Waals surface area contributed by atoms with Crippen LogP contribution in [-0.2, 0) is 0 Å². The van der Waals surface area contributed by atoms with Crippen LogP contribution in [0.3, 0.4) is 0 Å². The lowest BCUT2D eigenvalue weighted by Gasteiger charge is -2.38. The van der Waals surface area contributed by atoms with Crippen LogP contribution in [0.25, 0.3) is 38.6 Å². The summed E-state index contributed by atoms with van der Waals surface area (Å²) >= 11 is 0. The molecule has 0 bridgehead atoms. The van der Waals surface area contributed by atoms with Crippen molar-refractivity contribution in [3.05, 3.63) is 133 Å². The summed E-state index contributed by atoms with van der Waals surface area (Å²) in [5.41, 5.74) is 8.55. The Hall–Kier alpha value is -5.48. The molecule has 2 aliphatic rings. The van der Waals surface area contributed by atoms with Crippen molar-refractivity contribution in [1.82, 2.24) is 4.57 Å². The van der Waals surface area contributed by atoms with Crippen molar-refractivity contribution >= 4 is 38.9 Å². The molecule has 7 aromatic rings. The summed E-state index contributed by atoms with van der Waals surface area (Å²) in [5.74, 6) is 3.24. The lowest BCUT2D eigenvalue weighted by atomic mass is 10.0. The zero-order chi connectivity index (χ0) is 26.2. The van der Waals surface area contributed by atoms with E-state index in [0.717, 1.165) is 67.6 Å². The second-order valence-corrected chi connectivity index (χ2v) is 10.2. The van der Waals surface area contributed by atoms with Crippen molar-refractivity contribution in [2.24, 2.45) is 0 Å². The Labute approximate surface area is 230 Å². The van der Waals surface area contributed by atoms with Gasteiger partial charge in [0.15, 0.2) is 23.0 Å². The van der Waals surface area contributed by atoms with E-state index < -0.39 is 0 Å². The summed E-state index contributed by atoms with van der Waals surface area (Å²) in [6.07, 6.45) is 0. The molecule has 4 heteroatoms. The van der Waals surface area contributed by atoms with Crippen molar-refractivity contribution < 1.29 is 9.47 Å². The molecular weight excluding hydrogens is 492 g/mol. The quantitative estimate of drug-likeness (QED) is 0.230. The van der Waals surface area contributed by atoms with E-state index in [1.807, 2.05) is 24.3 Å². The number of hydrogen-bond acceptors (Lipinski definition) is 3. The highest BCUT2D eigenvalue weighted by atomic mass is 16.5. The Morgan fingerprint density at radius 1 is 0.475 bits per heavy atom. The second-order valence-electron chi connectivity index (χ2n) is 10.2. The minimum Gasteiger partial charge on any atom is -0.453 e. The molecule has 0 saturated carbocycles. The van der Waals surface area contributed by atoms with Crippen molar-refractivity contribution in [1.29, 1.82) is 0 Å². The summed E-state index contributed by atoms with van der Waals surface area (Å²) in [6, 6.07) is 46.4. The third-order valence-corrected chi connectivity index (χ3v) is 7.93. The summed E-state index contributed by atoms with van der Waals surface area (Å²) in [5, 5.41) is 2.21. The monoisotopic (exact) mass is 514 g/mol. The third-order valence-electron chi connectivity index (χ3n) is 7.93.